The van der Waals surface area contributed by atoms with Crippen LogP contribution in [-0.2, 0) is 10.2 Å². The van der Waals surface area contributed by atoms with Gasteiger partial charge in [-0.1, -0.05) is 44.2 Å². The summed E-state index contributed by atoms with van der Waals surface area (Å²) >= 11 is 0. The van der Waals surface area contributed by atoms with E-state index < -0.39 is 0 Å². The van der Waals surface area contributed by atoms with Crippen molar-refractivity contribution in [1.82, 2.24) is 4.90 Å². The van der Waals surface area contributed by atoms with Gasteiger partial charge in [0.05, 0.1) is 19.3 Å². The van der Waals surface area contributed by atoms with Gasteiger partial charge in [-0.15, -0.1) is 0 Å². The second-order valence-electron chi connectivity index (χ2n) is 5.72. The van der Waals surface area contributed by atoms with Crippen LogP contribution in [0.15, 0.2) is 30.3 Å². The van der Waals surface area contributed by atoms with Gasteiger partial charge < -0.3 is 9.84 Å². The summed E-state index contributed by atoms with van der Waals surface area (Å²) in [5, 5.41) is 9.83. The number of aliphatic hydroxyl groups is 1. The van der Waals surface area contributed by atoms with Crippen molar-refractivity contribution in [2.24, 2.45) is 0 Å². The Kier molecular flexibility index (Phi) is 4.97. The fourth-order valence-electron chi connectivity index (χ4n) is 2.74. The minimum absolute atomic E-state index is 0.172. The molecule has 2 unspecified atom stereocenters. The average Bonchev–Trinajstić information content (AvgIpc) is 2.48. The summed E-state index contributed by atoms with van der Waals surface area (Å²) in [5.41, 5.74) is 1.01. The van der Waals surface area contributed by atoms with Gasteiger partial charge in [-0.2, -0.15) is 0 Å². The summed E-state index contributed by atoms with van der Waals surface area (Å²) in [7, 11) is 0. The average molecular weight is 263 g/mol. The molecule has 1 aliphatic rings. The van der Waals surface area contributed by atoms with Crippen molar-refractivity contribution in [3.63, 3.8) is 0 Å². The molecule has 3 heteroatoms. The molecule has 106 valence electrons. The predicted molar refractivity (Wildman–Crippen MR) is 77.4 cm³/mol. The topological polar surface area (TPSA) is 32.7 Å². The van der Waals surface area contributed by atoms with Crippen LogP contribution in [0.4, 0.5) is 0 Å². The predicted octanol–water partition coefficient (Wildman–Crippen LogP) is 2.05. The van der Waals surface area contributed by atoms with E-state index in [1.807, 2.05) is 18.2 Å². The molecule has 2 rings (SSSR count). The number of ether oxygens (including phenoxy) is 1. The van der Waals surface area contributed by atoms with Crippen molar-refractivity contribution in [3.05, 3.63) is 35.9 Å². The number of morpholine rings is 1. The minimum atomic E-state index is -0.198. The number of nitrogens with zero attached hydrogens (tertiary/aromatic N) is 1. The summed E-state index contributed by atoms with van der Waals surface area (Å²) in [6.45, 7) is 8.08. The van der Waals surface area contributed by atoms with Crippen molar-refractivity contribution in [2.75, 3.05) is 32.8 Å². The molecule has 1 heterocycles. The van der Waals surface area contributed by atoms with E-state index in [1.54, 1.807) is 0 Å². The van der Waals surface area contributed by atoms with Gasteiger partial charge in [0.25, 0.3) is 0 Å². The highest BCUT2D eigenvalue weighted by Crippen LogP contribution is 2.25. The molecule has 0 spiro atoms. The highest BCUT2D eigenvalue weighted by molar-refractivity contribution is 5.25. The molecule has 0 radical (unpaired) electrons. The van der Waals surface area contributed by atoms with Gasteiger partial charge in [0.2, 0.25) is 0 Å². The monoisotopic (exact) mass is 263 g/mol. The van der Waals surface area contributed by atoms with Crippen LogP contribution in [0.1, 0.15) is 25.8 Å². The second kappa shape index (κ2) is 6.51. The summed E-state index contributed by atoms with van der Waals surface area (Å²) in [4.78, 5) is 2.42. The third-order valence-electron chi connectivity index (χ3n) is 4.07. The normalized spacial score (nSPS) is 24.1. The molecule has 1 aliphatic heterocycles. The standard InChI is InChI=1S/C16H25NO2/c1-3-15-11-17(9-10-19-15)12-16(2,13-18)14-7-5-4-6-8-14/h4-8,15,18H,3,9-13H2,1-2H3. The van der Waals surface area contributed by atoms with E-state index in [4.69, 9.17) is 4.74 Å². The van der Waals surface area contributed by atoms with E-state index in [9.17, 15) is 5.11 Å². The van der Waals surface area contributed by atoms with Crippen molar-refractivity contribution in [3.8, 4) is 0 Å². The molecule has 0 aliphatic carbocycles. The van der Waals surface area contributed by atoms with Gasteiger partial charge in [-0.25, -0.2) is 0 Å². The van der Waals surface area contributed by atoms with Crippen LogP contribution >= 0.6 is 0 Å². The Morgan fingerprint density at radius 1 is 1.37 bits per heavy atom. The minimum Gasteiger partial charge on any atom is -0.395 e. The second-order valence-corrected chi connectivity index (χ2v) is 5.72. The third kappa shape index (κ3) is 3.56. The Morgan fingerprint density at radius 3 is 2.74 bits per heavy atom. The summed E-state index contributed by atoms with van der Waals surface area (Å²) in [6, 6.07) is 10.3. The number of hydrogen-bond acceptors (Lipinski definition) is 3. The van der Waals surface area contributed by atoms with Gasteiger partial charge in [0, 0.05) is 25.0 Å². The lowest BCUT2D eigenvalue weighted by Gasteiger charge is -2.39. The van der Waals surface area contributed by atoms with Crippen LogP contribution in [0.2, 0.25) is 0 Å². The Bertz CT molecular complexity index is 382. The number of hydrogen-bond donors (Lipinski definition) is 1. The molecule has 0 saturated carbocycles. The molecule has 1 saturated heterocycles. The Balaban J connectivity index is 2.06. The maximum atomic E-state index is 9.83. The molecule has 1 N–H and O–H groups in total. The summed E-state index contributed by atoms with van der Waals surface area (Å²) in [6.07, 6.45) is 1.39. The van der Waals surface area contributed by atoms with E-state index in [2.05, 4.69) is 30.9 Å². The molecule has 0 aromatic heterocycles. The molecular weight excluding hydrogens is 238 g/mol. The Hall–Kier alpha value is -0.900. The van der Waals surface area contributed by atoms with Gasteiger partial charge >= 0.3 is 0 Å². The fourth-order valence-corrected chi connectivity index (χ4v) is 2.74. The van der Waals surface area contributed by atoms with Gasteiger partial charge in [0.1, 0.15) is 0 Å². The van der Waals surface area contributed by atoms with Crippen molar-refractivity contribution in [1.29, 1.82) is 0 Å². The zero-order valence-electron chi connectivity index (χ0n) is 12.0. The van der Waals surface area contributed by atoms with E-state index in [-0.39, 0.29) is 12.0 Å². The lowest BCUT2D eigenvalue weighted by atomic mass is 9.82. The largest absolute Gasteiger partial charge is 0.395 e. The van der Waals surface area contributed by atoms with Gasteiger partial charge in [0.15, 0.2) is 0 Å². The molecule has 19 heavy (non-hydrogen) atoms. The number of benzene rings is 1. The first-order chi connectivity index (χ1) is 9.18. The molecule has 0 bridgehead atoms. The van der Waals surface area contributed by atoms with Crippen molar-refractivity contribution < 1.29 is 9.84 Å². The molecule has 2 atom stereocenters. The lowest BCUT2D eigenvalue weighted by Crippen LogP contribution is -2.49. The van der Waals surface area contributed by atoms with Crippen LogP contribution in [0, 0.1) is 0 Å². The maximum Gasteiger partial charge on any atom is 0.0700 e. The molecule has 1 aromatic rings. The zero-order chi connectivity index (χ0) is 13.7. The van der Waals surface area contributed by atoms with Gasteiger partial charge in [-0.3, -0.25) is 4.90 Å². The molecule has 1 aromatic carbocycles. The first-order valence-corrected chi connectivity index (χ1v) is 7.18. The summed E-state index contributed by atoms with van der Waals surface area (Å²) in [5.74, 6) is 0. The number of aliphatic hydroxyl groups excluding tert-OH is 1. The molecule has 3 nitrogen and oxygen atoms in total. The highest BCUT2D eigenvalue weighted by atomic mass is 16.5. The third-order valence-corrected chi connectivity index (χ3v) is 4.07. The van der Waals surface area contributed by atoms with E-state index in [0.29, 0.717) is 6.10 Å². The van der Waals surface area contributed by atoms with Crippen LogP contribution in [0.3, 0.4) is 0 Å². The van der Waals surface area contributed by atoms with Crippen molar-refractivity contribution >= 4 is 0 Å². The first kappa shape index (κ1) is 14.5. The first-order valence-electron chi connectivity index (χ1n) is 7.18. The Morgan fingerprint density at radius 2 is 2.11 bits per heavy atom. The zero-order valence-corrected chi connectivity index (χ0v) is 12.0. The smallest absolute Gasteiger partial charge is 0.0700 e. The van der Waals surface area contributed by atoms with E-state index in [1.165, 1.54) is 5.56 Å². The van der Waals surface area contributed by atoms with E-state index in [0.717, 1.165) is 32.7 Å². The quantitative estimate of drug-likeness (QED) is 0.882. The fraction of sp³-hybridized carbons (Fsp3) is 0.625. The van der Waals surface area contributed by atoms with Crippen molar-refractivity contribution in [2.45, 2.75) is 31.8 Å². The maximum absolute atomic E-state index is 9.83. The van der Waals surface area contributed by atoms with Crippen LogP contribution in [-0.4, -0.2) is 49.0 Å². The lowest BCUT2D eigenvalue weighted by molar-refractivity contribution is -0.0383. The van der Waals surface area contributed by atoms with E-state index >= 15 is 0 Å². The molecule has 1 fully saturated rings. The summed E-state index contributed by atoms with van der Waals surface area (Å²) < 4.78 is 5.71. The SMILES string of the molecule is CCC1CN(CC(C)(CO)c2ccccc2)CCO1. The van der Waals surface area contributed by atoms with Crippen LogP contribution < -0.4 is 0 Å². The Labute approximate surface area is 116 Å². The molecular formula is C16H25NO2. The van der Waals surface area contributed by atoms with Crippen LogP contribution in [0.5, 0.6) is 0 Å². The number of rotatable bonds is 5. The molecule has 0 amide bonds. The van der Waals surface area contributed by atoms with Gasteiger partial charge in [-0.05, 0) is 12.0 Å². The highest BCUT2D eigenvalue weighted by Gasteiger charge is 2.30. The van der Waals surface area contributed by atoms with Crippen LogP contribution in [0.25, 0.3) is 0 Å².